The van der Waals surface area contributed by atoms with E-state index in [1.54, 1.807) is 30.5 Å². The first-order chi connectivity index (χ1) is 11.8. The van der Waals surface area contributed by atoms with E-state index >= 15 is 0 Å². The first-order valence-corrected chi connectivity index (χ1v) is 10.1. The summed E-state index contributed by atoms with van der Waals surface area (Å²) in [5.41, 5.74) is 3.01. The summed E-state index contributed by atoms with van der Waals surface area (Å²) in [7, 11) is 0. The molecule has 1 nitrogen and oxygen atoms in total. The minimum atomic E-state index is 0.303. The Balaban J connectivity index is 2.27. The van der Waals surface area contributed by atoms with Crippen molar-refractivity contribution in [1.82, 2.24) is 4.98 Å². The average Bonchev–Trinajstić information content (AvgIpc) is 2.56. The lowest BCUT2D eigenvalue weighted by atomic mass is 9.99. The van der Waals surface area contributed by atoms with E-state index in [4.69, 9.17) is 69.6 Å². The number of nitrogens with zero attached hydrogens (tertiary/aromatic N) is 1. The Morgan fingerprint density at radius 3 is 1.56 bits per heavy atom. The molecule has 0 N–H and O–H groups in total. The van der Waals surface area contributed by atoms with E-state index < -0.39 is 0 Å². The average molecular weight is 564 g/mol. The first kappa shape index (κ1) is 19.8. The third kappa shape index (κ3) is 4.16. The normalized spacial score (nSPS) is 11.0. The van der Waals surface area contributed by atoms with Crippen LogP contribution in [0.4, 0.5) is 0 Å². The van der Waals surface area contributed by atoms with Crippen molar-refractivity contribution in [3.8, 4) is 22.4 Å². The number of pyridine rings is 1. The molecule has 0 unspecified atom stereocenters. The number of rotatable bonds is 2. The molecule has 128 valence electrons. The van der Waals surface area contributed by atoms with Gasteiger partial charge in [-0.3, -0.25) is 4.98 Å². The van der Waals surface area contributed by atoms with Crippen LogP contribution in [0.1, 0.15) is 0 Å². The van der Waals surface area contributed by atoms with Crippen LogP contribution in [0.25, 0.3) is 22.4 Å². The van der Waals surface area contributed by atoms with Crippen molar-refractivity contribution in [2.45, 2.75) is 0 Å². The lowest BCUT2D eigenvalue weighted by molar-refractivity contribution is 1.31. The largest absolute Gasteiger partial charge is 0.255 e. The monoisotopic (exact) mass is 561 g/mol. The molecule has 0 fully saturated rings. The predicted octanol–water partition coefficient (Wildman–Crippen LogP) is 8.94. The van der Waals surface area contributed by atoms with Gasteiger partial charge in [0.1, 0.15) is 0 Å². The molecule has 3 rings (SSSR count). The van der Waals surface area contributed by atoms with Crippen molar-refractivity contribution in [3.05, 3.63) is 70.2 Å². The fourth-order valence-corrected chi connectivity index (χ4v) is 3.94. The molecular weight excluding hydrogens is 558 g/mol. The zero-order valence-corrected chi connectivity index (χ0v) is 18.8. The van der Waals surface area contributed by atoms with Crippen LogP contribution in [-0.2, 0) is 0 Å². The van der Waals surface area contributed by atoms with Gasteiger partial charge in [-0.2, -0.15) is 0 Å². The second-order valence-corrected chi connectivity index (χ2v) is 8.69. The molecule has 1 heterocycles. The molecule has 2 aromatic carbocycles. The van der Waals surface area contributed by atoms with Crippen LogP contribution in [-0.4, -0.2) is 4.98 Å². The van der Waals surface area contributed by atoms with Gasteiger partial charge in [0.25, 0.3) is 0 Å². The Hall–Kier alpha value is 0.0600. The maximum absolute atomic E-state index is 6.18. The number of hydrogen-bond acceptors (Lipinski definition) is 1. The highest BCUT2D eigenvalue weighted by molar-refractivity contribution is 14.1. The van der Waals surface area contributed by atoms with Gasteiger partial charge in [0, 0.05) is 20.9 Å². The minimum Gasteiger partial charge on any atom is -0.255 e. The smallest absolute Gasteiger partial charge is 0.0782 e. The Labute approximate surface area is 188 Å². The van der Waals surface area contributed by atoms with E-state index in [2.05, 4.69) is 27.6 Å². The molecule has 0 saturated heterocycles. The van der Waals surface area contributed by atoms with Gasteiger partial charge in [-0.05, 0) is 58.5 Å². The van der Waals surface area contributed by atoms with Gasteiger partial charge in [0.2, 0.25) is 0 Å². The molecule has 0 saturated carbocycles. The van der Waals surface area contributed by atoms with Crippen LogP contribution in [0, 0.1) is 3.57 Å². The topological polar surface area (TPSA) is 12.9 Å². The van der Waals surface area contributed by atoms with Crippen molar-refractivity contribution in [2.75, 3.05) is 0 Å². The molecule has 25 heavy (non-hydrogen) atoms. The van der Waals surface area contributed by atoms with Gasteiger partial charge in [0.15, 0.2) is 0 Å². The molecule has 0 aliphatic rings. The summed E-state index contributed by atoms with van der Waals surface area (Å²) >= 11 is 39.0. The van der Waals surface area contributed by atoms with E-state index in [-0.39, 0.29) is 0 Å². The molecule has 0 radical (unpaired) electrons. The van der Waals surface area contributed by atoms with Gasteiger partial charge in [0.05, 0.1) is 35.8 Å². The van der Waals surface area contributed by atoms with E-state index in [1.165, 1.54) is 0 Å². The van der Waals surface area contributed by atoms with Crippen molar-refractivity contribution in [2.24, 2.45) is 0 Å². The van der Waals surface area contributed by atoms with Crippen molar-refractivity contribution in [1.29, 1.82) is 0 Å². The maximum Gasteiger partial charge on any atom is 0.0782 e. The summed E-state index contributed by atoms with van der Waals surface area (Å²) in [5.74, 6) is 0. The Morgan fingerprint density at radius 1 is 0.640 bits per heavy atom. The SMILES string of the molecule is Clc1cc(-c2cc(I)cnc2-c2cc(Cl)c(Cl)c(Cl)c2)cc(Cl)c1Cl. The molecule has 0 amide bonds. The second-order valence-electron chi connectivity index (χ2n) is 5.06. The van der Waals surface area contributed by atoms with Crippen molar-refractivity contribution >= 4 is 92.2 Å². The van der Waals surface area contributed by atoms with Crippen molar-refractivity contribution in [3.63, 3.8) is 0 Å². The summed E-state index contributed by atoms with van der Waals surface area (Å²) in [5, 5.41) is 2.04. The zero-order chi connectivity index (χ0) is 18.3. The van der Waals surface area contributed by atoms with Crippen LogP contribution in [0.2, 0.25) is 30.1 Å². The quantitative estimate of drug-likeness (QED) is 0.224. The number of benzene rings is 2. The van der Waals surface area contributed by atoms with E-state index in [0.29, 0.717) is 35.8 Å². The highest BCUT2D eigenvalue weighted by Crippen LogP contribution is 2.41. The third-order valence-electron chi connectivity index (χ3n) is 3.41. The lowest BCUT2D eigenvalue weighted by Gasteiger charge is -2.13. The molecule has 8 heteroatoms. The molecule has 0 atom stereocenters. The van der Waals surface area contributed by atoms with E-state index in [9.17, 15) is 0 Å². The van der Waals surface area contributed by atoms with Crippen LogP contribution in [0.5, 0.6) is 0 Å². The molecule has 0 bridgehead atoms. The molecule has 0 aliphatic carbocycles. The van der Waals surface area contributed by atoms with E-state index in [0.717, 1.165) is 20.3 Å². The summed E-state index contributed by atoms with van der Waals surface area (Å²) < 4.78 is 0.949. The first-order valence-electron chi connectivity index (χ1n) is 6.73. The molecule has 3 aromatic rings. The standard InChI is InChI=1S/C17H6Cl6IN/c18-11-1-7(2-12(19)15(11)22)10-5-9(24)6-25-17(10)8-3-13(20)16(23)14(21)4-8/h1-6H. The maximum atomic E-state index is 6.18. The molecular formula is C17H6Cl6IN. The lowest BCUT2D eigenvalue weighted by Crippen LogP contribution is -1.92. The van der Waals surface area contributed by atoms with Crippen LogP contribution < -0.4 is 0 Å². The summed E-state index contributed by atoms with van der Waals surface area (Å²) in [4.78, 5) is 4.53. The van der Waals surface area contributed by atoms with E-state index in [1.807, 2.05) is 6.07 Å². The Kier molecular flexibility index (Phi) is 6.32. The number of halogens is 7. The fourth-order valence-electron chi connectivity index (χ4n) is 2.29. The number of hydrogen-bond donors (Lipinski definition) is 0. The van der Waals surface area contributed by atoms with Gasteiger partial charge >= 0.3 is 0 Å². The highest BCUT2D eigenvalue weighted by atomic mass is 127. The molecule has 0 spiro atoms. The molecule has 0 aliphatic heterocycles. The second kappa shape index (κ2) is 7.97. The summed E-state index contributed by atoms with van der Waals surface area (Å²) in [6.45, 7) is 0. The van der Waals surface area contributed by atoms with Crippen LogP contribution in [0.3, 0.4) is 0 Å². The molecule has 1 aromatic heterocycles. The Bertz CT molecular complexity index is 943. The van der Waals surface area contributed by atoms with Crippen LogP contribution >= 0.6 is 92.2 Å². The van der Waals surface area contributed by atoms with Gasteiger partial charge in [-0.15, -0.1) is 0 Å². The minimum absolute atomic E-state index is 0.303. The number of aromatic nitrogens is 1. The fraction of sp³-hybridized carbons (Fsp3) is 0. The summed E-state index contributed by atoms with van der Waals surface area (Å²) in [6.07, 6.45) is 1.74. The van der Waals surface area contributed by atoms with Gasteiger partial charge < -0.3 is 0 Å². The van der Waals surface area contributed by atoms with Gasteiger partial charge in [-0.25, -0.2) is 0 Å². The zero-order valence-electron chi connectivity index (χ0n) is 12.1. The van der Waals surface area contributed by atoms with Crippen LogP contribution in [0.15, 0.2) is 36.5 Å². The highest BCUT2D eigenvalue weighted by Gasteiger charge is 2.16. The third-order valence-corrected chi connectivity index (χ3v) is 6.39. The summed E-state index contributed by atoms with van der Waals surface area (Å²) in [6, 6.07) is 8.88. The van der Waals surface area contributed by atoms with Gasteiger partial charge in [-0.1, -0.05) is 69.6 Å². The van der Waals surface area contributed by atoms with Crippen molar-refractivity contribution < 1.29 is 0 Å². The Morgan fingerprint density at radius 2 is 1.08 bits per heavy atom. The predicted molar refractivity (Wildman–Crippen MR) is 118 cm³/mol.